The maximum atomic E-state index is 12.4. The molecule has 3 rings (SSSR count). The number of para-hydroxylation sites is 1. The first-order valence-corrected chi connectivity index (χ1v) is 11.2. The molecule has 0 spiro atoms. The summed E-state index contributed by atoms with van der Waals surface area (Å²) in [5.41, 5.74) is 6.92. The van der Waals surface area contributed by atoms with Crippen molar-refractivity contribution < 1.29 is 27.4 Å². The molecule has 0 atom stereocenters. The lowest BCUT2D eigenvalue weighted by Crippen LogP contribution is -2.18. The van der Waals surface area contributed by atoms with Gasteiger partial charge in [0.1, 0.15) is 23.9 Å². The molecule has 3 N–H and O–H groups in total. The predicted molar refractivity (Wildman–Crippen MR) is 123 cm³/mol. The number of sulfonamides is 1. The van der Waals surface area contributed by atoms with Gasteiger partial charge in [-0.3, -0.25) is 4.79 Å². The standard InChI is InChI=1S/C23H23N3O6S/c1-30-18-8-10-19(11-9-18)33(28,29)26-25-14-16-7-12-21(31-2)17(13-16)15-32-22-6-4-3-5-20(22)23(24)27/h3-14,26H,15H2,1-2H3,(H2,24,27)/b25-14-. The summed E-state index contributed by atoms with van der Waals surface area (Å²) in [5.74, 6) is 0.854. The van der Waals surface area contributed by atoms with Crippen LogP contribution in [0, 0.1) is 0 Å². The van der Waals surface area contributed by atoms with Crippen molar-refractivity contribution in [2.75, 3.05) is 14.2 Å². The smallest absolute Gasteiger partial charge is 0.276 e. The van der Waals surface area contributed by atoms with Gasteiger partial charge in [0.15, 0.2) is 0 Å². The van der Waals surface area contributed by atoms with Gasteiger partial charge in [0.05, 0.1) is 30.9 Å². The summed E-state index contributed by atoms with van der Waals surface area (Å²) in [5, 5.41) is 3.85. The van der Waals surface area contributed by atoms with Crippen molar-refractivity contribution in [1.82, 2.24) is 4.83 Å². The average Bonchev–Trinajstić information content (AvgIpc) is 2.83. The number of nitrogens with one attached hydrogen (secondary N) is 1. The van der Waals surface area contributed by atoms with Gasteiger partial charge < -0.3 is 19.9 Å². The van der Waals surface area contributed by atoms with Crippen LogP contribution >= 0.6 is 0 Å². The van der Waals surface area contributed by atoms with Crippen molar-refractivity contribution in [2.45, 2.75) is 11.5 Å². The number of carbonyl (C=O) groups excluding carboxylic acids is 1. The molecule has 0 saturated carbocycles. The number of primary amides is 1. The highest BCUT2D eigenvalue weighted by Crippen LogP contribution is 2.24. The van der Waals surface area contributed by atoms with E-state index in [0.29, 0.717) is 28.4 Å². The number of methoxy groups -OCH3 is 2. The van der Waals surface area contributed by atoms with Gasteiger partial charge in [-0.05, 0) is 60.2 Å². The molecule has 9 nitrogen and oxygen atoms in total. The zero-order chi connectivity index (χ0) is 23.8. The Morgan fingerprint density at radius 3 is 2.39 bits per heavy atom. The second kappa shape index (κ2) is 10.5. The quantitative estimate of drug-likeness (QED) is 0.347. The lowest BCUT2D eigenvalue weighted by molar-refractivity contribution is 0.0996. The minimum atomic E-state index is -3.83. The van der Waals surface area contributed by atoms with Gasteiger partial charge in [-0.2, -0.15) is 13.5 Å². The molecule has 0 bridgehead atoms. The van der Waals surface area contributed by atoms with Crippen LogP contribution < -0.4 is 24.8 Å². The molecule has 172 valence electrons. The maximum Gasteiger partial charge on any atom is 0.276 e. The number of amides is 1. The monoisotopic (exact) mass is 469 g/mol. The number of nitrogens with zero attached hydrogens (tertiary/aromatic N) is 1. The second-order valence-electron chi connectivity index (χ2n) is 6.75. The zero-order valence-corrected chi connectivity index (χ0v) is 18.8. The minimum absolute atomic E-state index is 0.0531. The van der Waals surface area contributed by atoms with Gasteiger partial charge in [-0.15, -0.1) is 0 Å². The van der Waals surface area contributed by atoms with Gasteiger partial charge in [-0.1, -0.05) is 12.1 Å². The van der Waals surface area contributed by atoms with Crippen LogP contribution in [0.4, 0.5) is 0 Å². The normalized spacial score (nSPS) is 11.2. The lowest BCUT2D eigenvalue weighted by Gasteiger charge is -2.13. The molecule has 0 heterocycles. The Morgan fingerprint density at radius 1 is 1.00 bits per heavy atom. The first-order chi connectivity index (χ1) is 15.8. The van der Waals surface area contributed by atoms with Crippen molar-refractivity contribution in [2.24, 2.45) is 10.8 Å². The molecule has 0 saturated heterocycles. The number of ether oxygens (including phenoxy) is 3. The van der Waals surface area contributed by atoms with Crippen molar-refractivity contribution in [1.29, 1.82) is 0 Å². The van der Waals surface area contributed by atoms with Crippen LogP contribution in [-0.2, 0) is 16.6 Å². The van der Waals surface area contributed by atoms with E-state index in [2.05, 4.69) is 9.93 Å². The Morgan fingerprint density at radius 2 is 1.73 bits per heavy atom. The third-order valence-electron chi connectivity index (χ3n) is 4.60. The number of hydrogen-bond donors (Lipinski definition) is 2. The summed E-state index contributed by atoms with van der Waals surface area (Å²) in [4.78, 5) is 13.8. The van der Waals surface area contributed by atoms with E-state index in [1.165, 1.54) is 32.6 Å². The Labute approximate surface area is 191 Å². The van der Waals surface area contributed by atoms with Gasteiger partial charge in [0.25, 0.3) is 15.9 Å². The number of hydrazone groups is 1. The Hall–Kier alpha value is -4.05. The predicted octanol–water partition coefficient (Wildman–Crippen LogP) is 2.69. The van der Waals surface area contributed by atoms with Crippen LogP contribution in [0.2, 0.25) is 0 Å². The summed E-state index contributed by atoms with van der Waals surface area (Å²) in [6.45, 7) is 0.0900. The fourth-order valence-electron chi connectivity index (χ4n) is 2.92. The Kier molecular flexibility index (Phi) is 7.52. The molecule has 3 aromatic carbocycles. The van der Waals surface area contributed by atoms with Gasteiger partial charge in [0.2, 0.25) is 0 Å². The molecule has 3 aromatic rings. The first-order valence-electron chi connectivity index (χ1n) is 9.71. The summed E-state index contributed by atoms with van der Waals surface area (Å²) >= 11 is 0. The number of nitrogens with two attached hydrogens (primary N) is 1. The third-order valence-corrected chi connectivity index (χ3v) is 5.83. The van der Waals surface area contributed by atoms with E-state index in [-0.39, 0.29) is 17.1 Å². The molecule has 0 aromatic heterocycles. The van der Waals surface area contributed by atoms with Crippen molar-refractivity contribution in [3.63, 3.8) is 0 Å². The van der Waals surface area contributed by atoms with Crippen LogP contribution in [0.25, 0.3) is 0 Å². The van der Waals surface area contributed by atoms with Crippen LogP contribution in [0.5, 0.6) is 17.2 Å². The molecular formula is C23H23N3O6S. The van der Waals surface area contributed by atoms with Crippen LogP contribution in [0.1, 0.15) is 21.5 Å². The van der Waals surface area contributed by atoms with E-state index >= 15 is 0 Å². The SMILES string of the molecule is COc1ccc(S(=O)(=O)N/N=C\c2ccc(OC)c(COc3ccccc3C(N)=O)c2)cc1. The maximum absolute atomic E-state index is 12.4. The van der Waals surface area contributed by atoms with Gasteiger partial charge in [-0.25, -0.2) is 4.83 Å². The van der Waals surface area contributed by atoms with E-state index in [0.717, 1.165) is 0 Å². The third kappa shape index (κ3) is 6.01. The lowest BCUT2D eigenvalue weighted by atomic mass is 10.1. The molecule has 0 fully saturated rings. The highest BCUT2D eigenvalue weighted by atomic mass is 32.2. The van der Waals surface area contributed by atoms with Gasteiger partial charge >= 0.3 is 0 Å². The van der Waals surface area contributed by atoms with Crippen molar-refractivity contribution >= 4 is 22.1 Å². The first kappa shape index (κ1) is 23.6. The fourth-order valence-corrected chi connectivity index (χ4v) is 3.71. The average molecular weight is 470 g/mol. The largest absolute Gasteiger partial charge is 0.497 e. The molecule has 0 aliphatic rings. The highest BCUT2D eigenvalue weighted by molar-refractivity contribution is 7.89. The van der Waals surface area contributed by atoms with Crippen LogP contribution in [-0.4, -0.2) is 34.8 Å². The summed E-state index contributed by atoms with van der Waals surface area (Å²) in [7, 11) is -0.817. The van der Waals surface area contributed by atoms with E-state index in [4.69, 9.17) is 19.9 Å². The number of benzene rings is 3. The molecular weight excluding hydrogens is 446 g/mol. The van der Waals surface area contributed by atoms with E-state index in [1.807, 2.05) is 0 Å². The zero-order valence-electron chi connectivity index (χ0n) is 18.0. The molecule has 0 aliphatic carbocycles. The van der Waals surface area contributed by atoms with Gasteiger partial charge in [0, 0.05) is 5.56 Å². The molecule has 0 aliphatic heterocycles. The molecule has 0 radical (unpaired) electrons. The van der Waals surface area contributed by atoms with E-state index < -0.39 is 15.9 Å². The number of hydrogen-bond acceptors (Lipinski definition) is 7. The summed E-state index contributed by atoms with van der Waals surface area (Å²) in [6.07, 6.45) is 1.36. The summed E-state index contributed by atoms with van der Waals surface area (Å²) < 4.78 is 40.9. The Bertz CT molecular complexity index is 1260. The van der Waals surface area contributed by atoms with E-state index in [9.17, 15) is 13.2 Å². The fraction of sp³-hybridized carbons (Fsp3) is 0.130. The number of carbonyl (C=O) groups is 1. The van der Waals surface area contributed by atoms with Crippen molar-refractivity contribution in [3.05, 3.63) is 83.4 Å². The molecule has 1 amide bonds. The second-order valence-corrected chi connectivity index (χ2v) is 8.41. The molecule has 10 heteroatoms. The minimum Gasteiger partial charge on any atom is -0.497 e. The van der Waals surface area contributed by atoms with Crippen LogP contribution in [0.15, 0.2) is 76.7 Å². The topological polar surface area (TPSA) is 129 Å². The Balaban J connectivity index is 1.73. The number of rotatable bonds is 10. The van der Waals surface area contributed by atoms with E-state index in [1.54, 1.807) is 54.6 Å². The molecule has 33 heavy (non-hydrogen) atoms. The summed E-state index contributed by atoms with van der Waals surface area (Å²) in [6, 6.07) is 17.7. The molecule has 0 unspecified atom stereocenters. The van der Waals surface area contributed by atoms with Crippen molar-refractivity contribution in [3.8, 4) is 17.2 Å². The highest BCUT2D eigenvalue weighted by Gasteiger charge is 2.13. The van der Waals surface area contributed by atoms with Crippen LogP contribution in [0.3, 0.4) is 0 Å².